The standard InChI is InChI=1S/C15H17FN2O3/c16-12-4-3-11(2-1-5-17)14(8-12)15(20)18-6-7-21-13(9-18)10-19/h3-4,8,13,19H,5-7,9-10,17H2. The predicted molar refractivity (Wildman–Crippen MR) is 75.1 cm³/mol. The Morgan fingerprint density at radius 2 is 2.38 bits per heavy atom. The van der Waals surface area contributed by atoms with Crippen LogP contribution in [0.4, 0.5) is 4.39 Å². The maximum Gasteiger partial charge on any atom is 0.255 e. The Morgan fingerprint density at radius 3 is 3.10 bits per heavy atom. The molecule has 1 atom stereocenters. The van der Waals surface area contributed by atoms with E-state index >= 15 is 0 Å². The molecule has 0 aromatic heterocycles. The number of rotatable bonds is 2. The van der Waals surface area contributed by atoms with Gasteiger partial charge in [0.25, 0.3) is 5.91 Å². The third kappa shape index (κ3) is 3.79. The number of benzene rings is 1. The van der Waals surface area contributed by atoms with Gasteiger partial charge in [-0.15, -0.1) is 0 Å². The van der Waals surface area contributed by atoms with Crippen LogP contribution in [0, 0.1) is 17.7 Å². The van der Waals surface area contributed by atoms with E-state index in [2.05, 4.69) is 11.8 Å². The van der Waals surface area contributed by atoms with Gasteiger partial charge in [-0.1, -0.05) is 11.8 Å². The van der Waals surface area contributed by atoms with Crippen LogP contribution < -0.4 is 5.73 Å². The van der Waals surface area contributed by atoms with E-state index in [-0.39, 0.29) is 31.2 Å². The van der Waals surface area contributed by atoms with Gasteiger partial charge in [-0.05, 0) is 18.2 Å². The minimum absolute atomic E-state index is 0.160. The SMILES string of the molecule is NCC#Cc1ccc(F)cc1C(=O)N1CCOC(CO)C1. The van der Waals surface area contributed by atoms with Crippen LogP contribution in [-0.2, 0) is 4.74 Å². The highest BCUT2D eigenvalue weighted by molar-refractivity contribution is 5.96. The summed E-state index contributed by atoms with van der Waals surface area (Å²) in [5.74, 6) is 4.62. The Kier molecular flexibility index (Phi) is 5.28. The van der Waals surface area contributed by atoms with Crippen LogP contribution in [0.2, 0.25) is 0 Å². The molecule has 3 N–H and O–H groups in total. The summed E-state index contributed by atoms with van der Waals surface area (Å²) in [6, 6.07) is 3.90. The van der Waals surface area contributed by atoms with E-state index in [0.717, 1.165) is 0 Å². The first-order valence-corrected chi connectivity index (χ1v) is 6.66. The second-order valence-electron chi connectivity index (χ2n) is 4.62. The average molecular weight is 292 g/mol. The van der Waals surface area contributed by atoms with Gasteiger partial charge in [0.2, 0.25) is 0 Å². The number of nitrogens with zero attached hydrogens (tertiary/aromatic N) is 1. The number of aliphatic hydroxyl groups is 1. The van der Waals surface area contributed by atoms with Crippen molar-refractivity contribution >= 4 is 5.91 Å². The maximum absolute atomic E-state index is 13.4. The van der Waals surface area contributed by atoms with Crippen LogP contribution in [0.1, 0.15) is 15.9 Å². The van der Waals surface area contributed by atoms with Crippen LogP contribution >= 0.6 is 0 Å². The van der Waals surface area contributed by atoms with Crippen molar-refractivity contribution in [2.75, 3.05) is 32.8 Å². The molecule has 0 spiro atoms. The summed E-state index contributed by atoms with van der Waals surface area (Å²) >= 11 is 0. The van der Waals surface area contributed by atoms with E-state index in [1.807, 2.05) is 0 Å². The number of hydrogen-bond donors (Lipinski definition) is 2. The molecular formula is C15H17FN2O3. The first-order valence-electron chi connectivity index (χ1n) is 6.66. The lowest BCUT2D eigenvalue weighted by molar-refractivity contribution is -0.0447. The Hall–Kier alpha value is -1.94. The average Bonchev–Trinajstić information content (AvgIpc) is 2.53. The largest absolute Gasteiger partial charge is 0.394 e. The van der Waals surface area contributed by atoms with Gasteiger partial charge in [-0.3, -0.25) is 4.79 Å². The van der Waals surface area contributed by atoms with E-state index in [4.69, 9.17) is 15.6 Å². The van der Waals surface area contributed by atoms with Crippen molar-refractivity contribution in [2.24, 2.45) is 5.73 Å². The number of halogens is 1. The molecule has 21 heavy (non-hydrogen) atoms. The molecule has 1 aliphatic rings. The fourth-order valence-corrected chi connectivity index (χ4v) is 2.13. The third-order valence-electron chi connectivity index (χ3n) is 3.17. The minimum atomic E-state index is -0.497. The Balaban J connectivity index is 2.27. The summed E-state index contributed by atoms with van der Waals surface area (Å²) in [6.45, 7) is 1.02. The predicted octanol–water partition coefficient (Wildman–Crippen LogP) is -0.0308. The summed E-state index contributed by atoms with van der Waals surface area (Å²) < 4.78 is 18.7. The third-order valence-corrected chi connectivity index (χ3v) is 3.17. The smallest absolute Gasteiger partial charge is 0.255 e. The van der Waals surface area contributed by atoms with E-state index in [1.54, 1.807) is 0 Å². The summed E-state index contributed by atoms with van der Waals surface area (Å²) in [4.78, 5) is 14.1. The monoisotopic (exact) mass is 292 g/mol. The van der Waals surface area contributed by atoms with Crippen LogP contribution in [-0.4, -0.2) is 54.9 Å². The molecule has 1 heterocycles. The Morgan fingerprint density at radius 1 is 1.57 bits per heavy atom. The highest BCUT2D eigenvalue weighted by Crippen LogP contribution is 2.16. The van der Waals surface area contributed by atoms with E-state index in [9.17, 15) is 9.18 Å². The molecule has 0 aliphatic carbocycles. The minimum Gasteiger partial charge on any atom is -0.394 e. The number of amides is 1. The van der Waals surface area contributed by atoms with Gasteiger partial charge in [0.1, 0.15) is 5.82 Å². The molecule has 6 heteroatoms. The Labute approximate surface area is 122 Å². The number of ether oxygens (including phenoxy) is 1. The van der Waals surface area contributed by atoms with E-state index in [1.165, 1.54) is 23.1 Å². The van der Waals surface area contributed by atoms with Crippen molar-refractivity contribution in [1.29, 1.82) is 0 Å². The molecule has 2 rings (SSSR count). The summed E-state index contributed by atoms with van der Waals surface area (Å²) in [7, 11) is 0. The van der Waals surface area contributed by atoms with Gasteiger partial charge in [0, 0.05) is 18.7 Å². The topological polar surface area (TPSA) is 75.8 Å². The highest BCUT2D eigenvalue weighted by atomic mass is 19.1. The molecule has 1 amide bonds. The van der Waals surface area contributed by atoms with Crippen molar-refractivity contribution in [2.45, 2.75) is 6.10 Å². The molecule has 1 aromatic carbocycles. The number of hydrogen-bond acceptors (Lipinski definition) is 4. The first-order chi connectivity index (χ1) is 10.2. The van der Waals surface area contributed by atoms with E-state index in [0.29, 0.717) is 18.7 Å². The van der Waals surface area contributed by atoms with Crippen molar-refractivity contribution in [3.63, 3.8) is 0 Å². The van der Waals surface area contributed by atoms with Crippen molar-refractivity contribution in [3.05, 3.63) is 35.1 Å². The number of carbonyl (C=O) groups is 1. The van der Waals surface area contributed by atoms with Gasteiger partial charge in [-0.25, -0.2) is 4.39 Å². The zero-order valence-electron chi connectivity index (χ0n) is 11.5. The molecular weight excluding hydrogens is 275 g/mol. The van der Waals surface area contributed by atoms with Crippen LogP contribution in [0.5, 0.6) is 0 Å². The van der Waals surface area contributed by atoms with Crippen LogP contribution in [0.15, 0.2) is 18.2 Å². The van der Waals surface area contributed by atoms with Gasteiger partial charge < -0.3 is 20.5 Å². The van der Waals surface area contributed by atoms with Crippen LogP contribution in [0.25, 0.3) is 0 Å². The lowest BCUT2D eigenvalue weighted by atomic mass is 10.1. The molecule has 1 saturated heterocycles. The fourth-order valence-electron chi connectivity index (χ4n) is 2.13. The molecule has 5 nitrogen and oxygen atoms in total. The molecule has 0 radical (unpaired) electrons. The maximum atomic E-state index is 13.4. The molecule has 112 valence electrons. The molecule has 1 unspecified atom stereocenters. The van der Waals surface area contributed by atoms with Gasteiger partial charge in [-0.2, -0.15) is 0 Å². The summed E-state index contributed by atoms with van der Waals surface area (Å²) in [5.41, 5.74) is 5.97. The van der Waals surface area contributed by atoms with E-state index < -0.39 is 11.9 Å². The fraction of sp³-hybridized carbons (Fsp3) is 0.400. The zero-order valence-corrected chi connectivity index (χ0v) is 11.5. The molecule has 0 saturated carbocycles. The lowest BCUT2D eigenvalue weighted by Gasteiger charge is -2.32. The zero-order chi connectivity index (χ0) is 15.2. The molecule has 1 aromatic rings. The normalized spacial score (nSPS) is 18.0. The second-order valence-corrected chi connectivity index (χ2v) is 4.62. The van der Waals surface area contributed by atoms with Gasteiger partial charge in [0.15, 0.2) is 0 Å². The van der Waals surface area contributed by atoms with Gasteiger partial charge in [0.05, 0.1) is 31.4 Å². The second kappa shape index (κ2) is 7.18. The van der Waals surface area contributed by atoms with Crippen molar-refractivity contribution in [1.82, 2.24) is 4.90 Å². The van der Waals surface area contributed by atoms with Gasteiger partial charge >= 0.3 is 0 Å². The summed E-state index contributed by atoms with van der Waals surface area (Å²) in [6.07, 6.45) is -0.408. The number of nitrogens with two attached hydrogens (primary N) is 1. The lowest BCUT2D eigenvalue weighted by Crippen LogP contribution is -2.47. The molecule has 0 bridgehead atoms. The quantitative estimate of drug-likeness (QED) is 0.751. The summed E-state index contributed by atoms with van der Waals surface area (Å²) in [5, 5.41) is 9.12. The molecule has 1 aliphatic heterocycles. The van der Waals surface area contributed by atoms with Crippen molar-refractivity contribution < 1.29 is 19.0 Å². The van der Waals surface area contributed by atoms with Crippen LogP contribution in [0.3, 0.4) is 0 Å². The first kappa shape index (κ1) is 15.4. The number of carbonyl (C=O) groups excluding carboxylic acids is 1. The Bertz CT molecular complexity index is 580. The number of morpholine rings is 1. The van der Waals surface area contributed by atoms with Crippen molar-refractivity contribution in [3.8, 4) is 11.8 Å². The number of aliphatic hydroxyl groups excluding tert-OH is 1. The highest BCUT2D eigenvalue weighted by Gasteiger charge is 2.26. The molecule has 1 fully saturated rings.